The van der Waals surface area contributed by atoms with E-state index in [-0.39, 0.29) is 0 Å². The molecule has 5 nitrogen and oxygen atoms in total. The number of nitrogens with zero attached hydrogens (tertiary/aromatic N) is 5. The third kappa shape index (κ3) is 3.09. The molecule has 1 fully saturated rings. The van der Waals surface area contributed by atoms with Gasteiger partial charge in [-0.25, -0.2) is 9.97 Å². The van der Waals surface area contributed by atoms with Crippen LogP contribution in [0.5, 0.6) is 0 Å². The van der Waals surface area contributed by atoms with Gasteiger partial charge in [0.15, 0.2) is 0 Å². The molecular weight excluding hydrogens is 294 g/mol. The maximum Gasteiger partial charge on any atom is 0.107 e. The number of imidazole rings is 1. The van der Waals surface area contributed by atoms with E-state index in [1.165, 1.54) is 43.1 Å². The summed E-state index contributed by atoms with van der Waals surface area (Å²) in [6.07, 6.45) is 10.0. The van der Waals surface area contributed by atoms with E-state index in [9.17, 15) is 0 Å². The van der Waals surface area contributed by atoms with E-state index in [0.29, 0.717) is 6.04 Å². The van der Waals surface area contributed by atoms with Gasteiger partial charge in [-0.3, -0.25) is 4.90 Å². The van der Waals surface area contributed by atoms with Crippen LogP contribution < -0.4 is 0 Å². The van der Waals surface area contributed by atoms with Crippen LogP contribution in [0.1, 0.15) is 36.0 Å². The van der Waals surface area contributed by atoms with Gasteiger partial charge in [-0.1, -0.05) is 6.42 Å². The first kappa shape index (κ1) is 14.4. The zero-order chi connectivity index (χ0) is 14.8. The Kier molecular flexibility index (Phi) is 4.23. The van der Waals surface area contributed by atoms with Gasteiger partial charge < -0.3 is 9.47 Å². The predicted molar refractivity (Wildman–Crippen MR) is 87.8 cm³/mol. The molecule has 2 aliphatic heterocycles. The van der Waals surface area contributed by atoms with E-state index >= 15 is 0 Å². The summed E-state index contributed by atoms with van der Waals surface area (Å²) in [5, 5.41) is 3.28. The van der Waals surface area contributed by atoms with Crippen molar-refractivity contribution in [3.8, 4) is 0 Å². The normalized spacial score (nSPS) is 23.5. The van der Waals surface area contributed by atoms with Gasteiger partial charge in [0.05, 0.1) is 24.6 Å². The van der Waals surface area contributed by atoms with Crippen LogP contribution in [0.25, 0.3) is 0 Å². The second-order valence-electron chi connectivity index (χ2n) is 6.40. The lowest BCUT2D eigenvalue weighted by molar-refractivity contribution is 0.128. The molecule has 6 heteroatoms. The van der Waals surface area contributed by atoms with Crippen molar-refractivity contribution >= 4 is 11.3 Å². The molecule has 0 N–H and O–H groups in total. The summed E-state index contributed by atoms with van der Waals surface area (Å²) in [5.74, 6) is 0. The lowest BCUT2D eigenvalue weighted by Gasteiger charge is -2.37. The summed E-state index contributed by atoms with van der Waals surface area (Å²) < 4.78 is 2.40. The molecular formula is C16H23N5S. The Labute approximate surface area is 135 Å². The topological polar surface area (TPSA) is 37.2 Å². The minimum atomic E-state index is 0.518. The van der Waals surface area contributed by atoms with Crippen LogP contribution in [0.2, 0.25) is 0 Å². The second kappa shape index (κ2) is 6.48. The molecule has 0 radical (unpaired) electrons. The van der Waals surface area contributed by atoms with Gasteiger partial charge in [0.25, 0.3) is 0 Å². The fourth-order valence-corrected chi connectivity index (χ4v) is 4.35. The SMILES string of the molecule is c1csc(CN2Cc3cncn3[C@@H](CN3CCCCC3)C2)n1. The van der Waals surface area contributed by atoms with Gasteiger partial charge in [-0.15, -0.1) is 11.3 Å². The standard InChI is InChI=1S/C16H23N5S/c1-2-5-19(6-3-1)10-15-11-20(12-16-18-4-7-22-16)9-14-8-17-13-21(14)15/h4,7-8,13,15H,1-3,5-6,9-12H2/t15-/m0/s1. The molecule has 2 aromatic heterocycles. The highest BCUT2D eigenvalue weighted by atomic mass is 32.1. The van der Waals surface area contributed by atoms with E-state index in [1.54, 1.807) is 11.3 Å². The summed E-state index contributed by atoms with van der Waals surface area (Å²) in [7, 11) is 0. The minimum absolute atomic E-state index is 0.518. The van der Waals surface area contributed by atoms with E-state index in [0.717, 1.165) is 26.2 Å². The van der Waals surface area contributed by atoms with Crippen molar-refractivity contribution in [1.29, 1.82) is 0 Å². The van der Waals surface area contributed by atoms with E-state index in [4.69, 9.17) is 0 Å². The first-order chi connectivity index (χ1) is 10.9. The molecule has 0 aromatic carbocycles. The molecule has 1 atom stereocenters. The Morgan fingerprint density at radius 3 is 2.91 bits per heavy atom. The Hall–Kier alpha value is -1.24. The maximum atomic E-state index is 4.44. The molecule has 0 spiro atoms. The van der Waals surface area contributed by atoms with Crippen LogP contribution in [0, 0.1) is 0 Å². The first-order valence-corrected chi connectivity index (χ1v) is 9.10. The molecule has 118 valence electrons. The van der Waals surface area contributed by atoms with Crippen LogP contribution >= 0.6 is 11.3 Å². The molecule has 0 saturated carbocycles. The monoisotopic (exact) mass is 317 g/mol. The lowest BCUT2D eigenvalue weighted by Crippen LogP contribution is -2.43. The van der Waals surface area contributed by atoms with Gasteiger partial charge in [0, 0.05) is 37.4 Å². The number of piperidine rings is 1. The molecule has 1 saturated heterocycles. The smallest absolute Gasteiger partial charge is 0.107 e. The van der Waals surface area contributed by atoms with Crippen molar-refractivity contribution < 1.29 is 0 Å². The van der Waals surface area contributed by atoms with E-state index in [1.807, 2.05) is 18.7 Å². The number of hydrogen-bond donors (Lipinski definition) is 0. The Morgan fingerprint density at radius 2 is 2.09 bits per heavy atom. The number of rotatable bonds is 4. The molecule has 2 aromatic rings. The first-order valence-electron chi connectivity index (χ1n) is 8.22. The van der Waals surface area contributed by atoms with Crippen LogP contribution in [0.15, 0.2) is 24.1 Å². The number of aromatic nitrogens is 3. The quantitative estimate of drug-likeness (QED) is 0.868. The molecule has 0 aliphatic carbocycles. The van der Waals surface area contributed by atoms with Gasteiger partial charge in [-0.05, 0) is 25.9 Å². The van der Waals surface area contributed by atoms with Crippen molar-refractivity contribution in [2.24, 2.45) is 0 Å². The van der Waals surface area contributed by atoms with Crippen LogP contribution in [-0.4, -0.2) is 50.5 Å². The van der Waals surface area contributed by atoms with Gasteiger partial charge in [0.2, 0.25) is 0 Å². The van der Waals surface area contributed by atoms with Crippen LogP contribution in [-0.2, 0) is 13.1 Å². The minimum Gasteiger partial charge on any atom is -0.328 e. The zero-order valence-corrected chi connectivity index (χ0v) is 13.7. The van der Waals surface area contributed by atoms with Crippen molar-refractivity contribution in [2.75, 3.05) is 26.2 Å². The van der Waals surface area contributed by atoms with Crippen molar-refractivity contribution in [3.05, 3.63) is 34.8 Å². The highest BCUT2D eigenvalue weighted by Crippen LogP contribution is 2.24. The van der Waals surface area contributed by atoms with Crippen LogP contribution in [0.3, 0.4) is 0 Å². The molecule has 0 amide bonds. The molecule has 4 heterocycles. The molecule has 22 heavy (non-hydrogen) atoms. The number of fused-ring (bicyclic) bond motifs is 1. The molecule has 0 bridgehead atoms. The fraction of sp³-hybridized carbons (Fsp3) is 0.625. The van der Waals surface area contributed by atoms with Crippen molar-refractivity contribution in [2.45, 2.75) is 38.4 Å². The average Bonchev–Trinajstić information content (AvgIpc) is 3.20. The fourth-order valence-electron chi connectivity index (χ4n) is 3.69. The largest absolute Gasteiger partial charge is 0.328 e. The Balaban J connectivity index is 1.47. The summed E-state index contributed by atoms with van der Waals surface area (Å²) in [6, 6.07) is 0.518. The maximum absolute atomic E-state index is 4.44. The predicted octanol–water partition coefficient (Wildman–Crippen LogP) is 2.38. The molecule has 0 unspecified atom stereocenters. The number of thiazole rings is 1. The highest BCUT2D eigenvalue weighted by molar-refractivity contribution is 7.09. The van der Waals surface area contributed by atoms with Gasteiger partial charge in [0.1, 0.15) is 5.01 Å². The third-order valence-corrected chi connectivity index (χ3v) is 5.52. The van der Waals surface area contributed by atoms with Crippen molar-refractivity contribution in [1.82, 2.24) is 24.3 Å². The van der Waals surface area contributed by atoms with E-state index < -0.39 is 0 Å². The number of hydrogen-bond acceptors (Lipinski definition) is 5. The van der Waals surface area contributed by atoms with Crippen LogP contribution in [0.4, 0.5) is 0 Å². The highest BCUT2D eigenvalue weighted by Gasteiger charge is 2.27. The Morgan fingerprint density at radius 1 is 1.18 bits per heavy atom. The third-order valence-electron chi connectivity index (χ3n) is 4.75. The molecule has 2 aliphatic rings. The van der Waals surface area contributed by atoms with Gasteiger partial charge in [-0.2, -0.15) is 0 Å². The Bertz CT molecular complexity index is 587. The van der Waals surface area contributed by atoms with E-state index in [2.05, 4.69) is 29.7 Å². The summed E-state index contributed by atoms with van der Waals surface area (Å²) in [6.45, 7) is 6.70. The molecule has 4 rings (SSSR count). The summed E-state index contributed by atoms with van der Waals surface area (Å²) in [4.78, 5) is 14.0. The lowest BCUT2D eigenvalue weighted by atomic mass is 10.1. The summed E-state index contributed by atoms with van der Waals surface area (Å²) >= 11 is 1.75. The average molecular weight is 317 g/mol. The van der Waals surface area contributed by atoms with Gasteiger partial charge >= 0.3 is 0 Å². The zero-order valence-electron chi connectivity index (χ0n) is 12.9. The van der Waals surface area contributed by atoms with Crippen molar-refractivity contribution in [3.63, 3.8) is 0 Å². The second-order valence-corrected chi connectivity index (χ2v) is 7.38. The summed E-state index contributed by atoms with van der Waals surface area (Å²) in [5.41, 5.74) is 1.34. The number of likely N-dealkylation sites (tertiary alicyclic amines) is 1.